The molecule has 0 unspecified atom stereocenters. The lowest BCUT2D eigenvalue weighted by atomic mass is 10.0. The maximum absolute atomic E-state index is 13.5. The molecule has 7 nitrogen and oxygen atoms in total. The first-order valence-corrected chi connectivity index (χ1v) is 12.3. The van der Waals surface area contributed by atoms with Crippen LogP contribution in [0.15, 0.2) is 70.3 Å². The van der Waals surface area contributed by atoms with Gasteiger partial charge in [-0.05, 0) is 93.0 Å². The molecule has 1 N–H and O–H groups in total. The fraction of sp³-hybridized carbons (Fsp3) is 0.321. The highest BCUT2D eigenvalue weighted by Gasteiger charge is 2.14. The fourth-order valence-corrected chi connectivity index (χ4v) is 4.80. The number of pyridine rings is 1. The molecule has 0 radical (unpaired) electrons. The van der Waals surface area contributed by atoms with E-state index >= 15 is 0 Å². The smallest absolute Gasteiger partial charge is 0.262 e. The molecule has 3 heterocycles. The summed E-state index contributed by atoms with van der Waals surface area (Å²) in [5.74, 6) is 0.0257. The van der Waals surface area contributed by atoms with Crippen LogP contribution in [0.25, 0.3) is 16.5 Å². The summed E-state index contributed by atoms with van der Waals surface area (Å²) in [5, 5.41) is 8.03. The SMILES string of the molecule is Cc1ccc(C(=O)Nc2ccon2)cc1-n1ccc2ccc(CCCN3CCCCC3)cc2c1=O. The number of carbonyl (C=O) groups is 1. The van der Waals surface area contributed by atoms with Crippen LogP contribution >= 0.6 is 0 Å². The van der Waals surface area contributed by atoms with E-state index in [0.29, 0.717) is 22.5 Å². The second-order valence-electron chi connectivity index (χ2n) is 9.26. The van der Waals surface area contributed by atoms with Crippen molar-refractivity contribution in [1.82, 2.24) is 14.6 Å². The number of likely N-dealkylation sites (tertiary alicyclic amines) is 1. The van der Waals surface area contributed by atoms with Crippen LogP contribution in [-0.4, -0.2) is 40.2 Å². The molecule has 0 atom stereocenters. The molecule has 0 spiro atoms. The first-order valence-electron chi connectivity index (χ1n) is 12.3. The van der Waals surface area contributed by atoms with E-state index in [1.807, 2.05) is 31.2 Å². The van der Waals surface area contributed by atoms with Crippen LogP contribution in [0.5, 0.6) is 0 Å². The summed E-state index contributed by atoms with van der Waals surface area (Å²) < 4.78 is 6.40. The van der Waals surface area contributed by atoms with Crippen LogP contribution in [0.1, 0.15) is 47.2 Å². The Morgan fingerprint density at radius 1 is 1.06 bits per heavy atom. The average molecular weight is 471 g/mol. The molecule has 1 saturated heterocycles. The number of fused-ring (bicyclic) bond motifs is 1. The van der Waals surface area contributed by atoms with Crippen molar-refractivity contribution in [3.8, 4) is 5.69 Å². The highest BCUT2D eigenvalue weighted by Crippen LogP contribution is 2.20. The van der Waals surface area contributed by atoms with Crippen LogP contribution in [0, 0.1) is 6.92 Å². The summed E-state index contributed by atoms with van der Waals surface area (Å²) in [6.45, 7) is 5.46. The predicted octanol–water partition coefficient (Wildman–Crippen LogP) is 4.96. The molecule has 0 aliphatic carbocycles. The molecule has 4 aromatic rings. The molecule has 7 heteroatoms. The molecule has 1 fully saturated rings. The number of nitrogens with zero attached hydrogens (tertiary/aromatic N) is 3. The van der Waals surface area contributed by atoms with Gasteiger partial charge in [-0.25, -0.2) is 0 Å². The number of carbonyl (C=O) groups excluding carboxylic acids is 1. The minimum Gasteiger partial charge on any atom is -0.363 e. The van der Waals surface area contributed by atoms with Gasteiger partial charge in [-0.15, -0.1) is 0 Å². The van der Waals surface area contributed by atoms with Crippen molar-refractivity contribution in [2.24, 2.45) is 0 Å². The summed E-state index contributed by atoms with van der Waals surface area (Å²) in [7, 11) is 0. The maximum Gasteiger partial charge on any atom is 0.262 e. The summed E-state index contributed by atoms with van der Waals surface area (Å²) in [6, 6.07) is 15.0. The van der Waals surface area contributed by atoms with Gasteiger partial charge in [-0.3, -0.25) is 14.2 Å². The van der Waals surface area contributed by atoms with Crippen molar-refractivity contribution in [2.75, 3.05) is 25.0 Å². The normalized spacial score (nSPS) is 14.3. The van der Waals surface area contributed by atoms with Crippen molar-refractivity contribution >= 4 is 22.5 Å². The number of anilines is 1. The molecule has 2 aromatic heterocycles. The maximum atomic E-state index is 13.5. The third-order valence-electron chi connectivity index (χ3n) is 6.77. The Morgan fingerprint density at radius 2 is 1.91 bits per heavy atom. The Bertz CT molecular complexity index is 1390. The van der Waals surface area contributed by atoms with Gasteiger partial charge < -0.3 is 14.7 Å². The van der Waals surface area contributed by atoms with Gasteiger partial charge in [0.15, 0.2) is 5.82 Å². The minimum atomic E-state index is -0.315. The van der Waals surface area contributed by atoms with Crippen molar-refractivity contribution < 1.29 is 9.32 Å². The van der Waals surface area contributed by atoms with Gasteiger partial charge in [-0.2, -0.15) is 0 Å². The Balaban J connectivity index is 1.39. The summed E-state index contributed by atoms with van der Waals surface area (Å²) >= 11 is 0. The number of nitrogens with one attached hydrogen (secondary N) is 1. The standard InChI is InChI=1S/C28H30N4O3/c1-20-7-9-23(27(33)29-26-12-17-35-30-26)19-25(20)32-16-11-22-10-8-21(18-24(22)28(32)34)6-5-15-31-13-3-2-4-14-31/h7-12,16-19H,2-6,13-15H2,1H3,(H,29,30,33). The third-order valence-corrected chi connectivity index (χ3v) is 6.77. The van der Waals surface area contributed by atoms with Gasteiger partial charge in [0.1, 0.15) is 6.26 Å². The first kappa shape index (κ1) is 23.1. The van der Waals surface area contributed by atoms with Crippen LogP contribution in [0.4, 0.5) is 5.82 Å². The van der Waals surface area contributed by atoms with E-state index in [9.17, 15) is 9.59 Å². The van der Waals surface area contributed by atoms with E-state index in [4.69, 9.17) is 4.52 Å². The van der Waals surface area contributed by atoms with Crippen LogP contribution in [0.3, 0.4) is 0 Å². The lowest BCUT2D eigenvalue weighted by Gasteiger charge is -2.26. The van der Waals surface area contributed by atoms with Crippen molar-refractivity contribution in [3.05, 3.63) is 88.0 Å². The van der Waals surface area contributed by atoms with Crippen molar-refractivity contribution in [2.45, 2.75) is 39.0 Å². The van der Waals surface area contributed by atoms with E-state index < -0.39 is 0 Å². The predicted molar refractivity (Wildman–Crippen MR) is 137 cm³/mol. The zero-order chi connectivity index (χ0) is 24.2. The number of amides is 1. The van der Waals surface area contributed by atoms with E-state index in [2.05, 4.69) is 21.4 Å². The first-order chi connectivity index (χ1) is 17.1. The van der Waals surface area contributed by atoms with Crippen molar-refractivity contribution in [3.63, 3.8) is 0 Å². The monoisotopic (exact) mass is 470 g/mol. The van der Waals surface area contributed by atoms with E-state index in [1.54, 1.807) is 29.0 Å². The molecule has 5 rings (SSSR count). The number of hydrogen-bond acceptors (Lipinski definition) is 5. The molecule has 35 heavy (non-hydrogen) atoms. The largest absolute Gasteiger partial charge is 0.363 e. The van der Waals surface area contributed by atoms with Crippen LogP contribution in [-0.2, 0) is 6.42 Å². The molecule has 1 amide bonds. The Morgan fingerprint density at radius 3 is 2.71 bits per heavy atom. The van der Waals surface area contributed by atoms with Gasteiger partial charge in [0.25, 0.3) is 11.5 Å². The van der Waals surface area contributed by atoms with E-state index in [-0.39, 0.29) is 11.5 Å². The molecule has 180 valence electrons. The third kappa shape index (κ3) is 5.20. The highest BCUT2D eigenvalue weighted by molar-refractivity contribution is 6.04. The minimum absolute atomic E-state index is 0.0856. The van der Waals surface area contributed by atoms with Gasteiger partial charge in [0.05, 0.1) is 5.69 Å². The molecule has 0 bridgehead atoms. The number of hydrogen-bond donors (Lipinski definition) is 1. The average Bonchev–Trinajstić information content (AvgIpc) is 3.39. The second-order valence-corrected chi connectivity index (χ2v) is 9.26. The Kier molecular flexibility index (Phi) is 6.77. The van der Waals surface area contributed by atoms with Gasteiger partial charge in [-0.1, -0.05) is 29.8 Å². The number of aromatic nitrogens is 2. The quantitative estimate of drug-likeness (QED) is 0.413. The molecular weight excluding hydrogens is 440 g/mol. The van der Waals surface area contributed by atoms with E-state index in [1.165, 1.54) is 44.2 Å². The number of piperidine rings is 1. The fourth-order valence-electron chi connectivity index (χ4n) is 4.80. The molecule has 1 aliphatic rings. The summed E-state index contributed by atoms with van der Waals surface area (Å²) in [6.07, 6.45) is 9.18. The zero-order valence-corrected chi connectivity index (χ0v) is 20.0. The number of aryl methyl sites for hydroxylation is 2. The lowest BCUT2D eigenvalue weighted by molar-refractivity contribution is 0.102. The second kappa shape index (κ2) is 10.3. The summed E-state index contributed by atoms with van der Waals surface area (Å²) in [4.78, 5) is 28.8. The van der Waals surface area contributed by atoms with Crippen molar-refractivity contribution in [1.29, 1.82) is 0 Å². The molecule has 0 saturated carbocycles. The Hall–Kier alpha value is -3.71. The Labute approximate surface area is 204 Å². The molecular formula is C28H30N4O3. The number of benzene rings is 2. The highest BCUT2D eigenvalue weighted by atomic mass is 16.5. The van der Waals surface area contributed by atoms with Gasteiger partial charge in [0, 0.05) is 23.2 Å². The lowest BCUT2D eigenvalue weighted by Crippen LogP contribution is -2.30. The topological polar surface area (TPSA) is 80.4 Å². The summed E-state index contributed by atoms with van der Waals surface area (Å²) in [5.41, 5.74) is 3.12. The van der Waals surface area contributed by atoms with Gasteiger partial charge in [0.2, 0.25) is 0 Å². The van der Waals surface area contributed by atoms with Crippen LogP contribution in [0.2, 0.25) is 0 Å². The number of rotatable bonds is 7. The van der Waals surface area contributed by atoms with E-state index in [0.717, 1.165) is 30.3 Å². The van der Waals surface area contributed by atoms with Gasteiger partial charge >= 0.3 is 0 Å². The molecule has 1 aliphatic heterocycles. The van der Waals surface area contributed by atoms with Crippen LogP contribution < -0.4 is 10.9 Å². The zero-order valence-electron chi connectivity index (χ0n) is 20.0. The molecule has 2 aromatic carbocycles.